The third kappa shape index (κ3) is 3.07. The zero-order valence-corrected chi connectivity index (χ0v) is 12.5. The monoisotopic (exact) mass is 272 g/mol. The Hall–Kier alpha value is -1.67. The van der Waals surface area contributed by atoms with Crippen LogP contribution in [0.2, 0.25) is 0 Å². The minimum Gasteiger partial charge on any atom is -0.388 e. The first-order valence-corrected chi connectivity index (χ1v) is 6.89. The van der Waals surface area contributed by atoms with E-state index in [0.717, 1.165) is 22.3 Å². The zero-order chi connectivity index (χ0) is 14.9. The van der Waals surface area contributed by atoms with E-state index in [4.69, 9.17) is 0 Å². The van der Waals surface area contributed by atoms with Crippen molar-refractivity contribution in [2.24, 2.45) is 0 Å². The maximum absolute atomic E-state index is 13.1. The van der Waals surface area contributed by atoms with Crippen molar-refractivity contribution in [3.8, 4) is 0 Å². The molecule has 1 unspecified atom stereocenters. The summed E-state index contributed by atoms with van der Waals surface area (Å²) in [5.41, 5.74) is 6.33. The van der Waals surface area contributed by atoms with Crippen LogP contribution in [0.25, 0.3) is 0 Å². The fraction of sp³-hybridized carbons (Fsp3) is 0.333. The van der Waals surface area contributed by atoms with Crippen LogP contribution in [0.15, 0.2) is 30.3 Å². The van der Waals surface area contributed by atoms with Crippen LogP contribution in [0.1, 0.15) is 39.5 Å². The van der Waals surface area contributed by atoms with Crippen LogP contribution in [0.5, 0.6) is 0 Å². The van der Waals surface area contributed by atoms with Gasteiger partial charge in [-0.05, 0) is 73.2 Å². The zero-order valence-electron chi connectivity index (χ0n) is 12.5. The SMILES string of the molecule is Cc1cc(C)c(C(O)Cc2ccc(F)cc2C)cc1C. The lowest BCUT2D eigenvalue weighted by Gasteiger charge is -2.17. The average molecular weight is 272 g/mol. The number of aliphatic hydroxyl groups is 1. The first kappa shape index (κ1) is 14.7. The molecule has 1 N–H and O–H groups in total. The first-order chi connectivity index (χ1) is 9.38. The van der Waals surface area contributed by atoms with Gasteiger partial charge in [-0.2, -0.15) is 0 Å². The molecule has 0 heterocycles. The molecule has 0 aliphatic rings. The Morgan fingerprint density at radius 3 is 2.20 bits per heavy atom. The quantitative estimate of drug-likeness (QED) is 0.881. The van der Waals surface area contributed by atoms with E-state index in [1.807, 2.05) is 26.8 Å². The summed E-state index contributed by atoms with van der Waals surface area (Å²) in [6, 6.07) is 8.86. The third-order valence-corrected chi connectivity index (χ3v) is 3.96. The van der Waals surface area contributed by atoms with E-state index < -0.39 is 6.10 Å². The van der Waals surface area contributed by atoms with Crippen LogP contribution in [-0.4, -0.2) is 5.11 Å². The number of hydrogen-bond donors (Lipinski definition) is 1. The normalized spacial score (nSPS) is 12.5. The van der Waals surface area contributed by atoms with Crippen LogP contribution in [0.3, 0.4) is 0 Å². The standard InChI is InChI=1S/C18H21FO/c1-11-7-14(4)17(9-12(11)2)18(20)10-15-5-6-16(19)8-13(15)3/h5-9,18,20H,10H2,1-4H3. The molecular formula is C18H21FO. The van der Waals surface area contributed by atoms with Gasteiger partial charge in [0, 0.05) is 6.42 Å². The predicted molar refractivity (Wildman–Crippen MR) is 80.5 cm³/mol. The van der Waals surface area contributed by atoms with Gasteiger partial charge in [-0.3, -0.25) is 0 Å². The van der Waals surface area contributed by atoms with E-state index in [9.17, 15) is 9.50 Å². The van der Waals surface area contributed by atoms with Crippen molar-refractivity contribution in [3.05, 3.63) is 69.5 Å². The van der Waals surface area contributed by atoms with Crippen LogP contribution in [0, 0.1) is 33.5 Å². The van der Waals surface area contributed by atoms with Crippen LogP contribution in [0.4, 0.5) is 4.39 Å². The van der Waals surface area contributed by atoms with E-state index in [-0.39, 0.29) is 5.82 Å². The van der Waals surface area contributed by atoms with Crippen molar-refractivity contribution < 1.29 is 9.50 Å². The Morgan fingerprint density at radius 1 is 0.900 bits per heavy atom. The van der Waals surface area contributed by atoms with Gasteiger partial charge < -0.3 is 5.11 Å². The molecule has 0 radical (unpaired) electrons. The molecule has 2 rings (SSSR count). The fourth-order valence-corrected chi connectivity index (χ4v) is 2.55. The van der Waals surface area contributed by atoms with Crippen molar-refractivity contribution in [2.45, 2.75) is 40.2 Å². The lowest BCUT2D eigenvalue weighted by Crippen LogP contribution is -2.06. The summed E-state index contributed by atoms with van der Waals surface area (Å²) in [7, 11) is 0. The largest absolute Gasteiger partial charge is 0.388 e. The molecule has 0 saturated carbocycles. The molecule has 0 amide bonds. The van der Waals surface area contributed by atoms with E-state index in [1.54, 1.807) is 6.07 Å². The molecule has 0 saturated heterocycles. The lowest BCUT2D eigenvalue weighted by molar-refractivity contribution is 0.177. The number of benzene rings is 2. The molecule has 2 aromatic rings. The van der Waals surface area contributed by atoms with Gasteiger partial charge in [0.05, 0.1) is 6.10 Å². The topological polar surface area (TPSA) is 20.2 Å². The highest BCUT2D eigenvalue weighted by Crippen LogP contribution is 2.26. The Morgan fingerprint density at radius 2 is 1.55 bits per heavy atom. The maximum atomic E-state index is 13.1. The lowest BCUT2D eigenvalue weighted by atomic mass is 9.92. The molecule has 0 fully saturated rings. The van der Waals surface area contributed by atoms with Crippen LogP contribution in [-0.2, 0) is 6.42 Å². The van der Waals surface area contributed by atoms with Gasteiger partial charge in [0.15, 0.2) is 0 Å². The van der Waals surface area contributed by atoms with Gasteiger partial charge in [-0.15, -0.1) is 0 Å². The van der Waals surface area contributed by atoms with E-state index in [1.165, 1.54) is 23.3 Å². The second-order valence-electron chi connectivity index (χ2n) is 5.58. The second kappa shape index (κ2) is 5.76. The first-order valence-electron chi connectivity index (χ1n) is 6.89. The predicted octanol–water partition coefficient (Wildman–Crippen LogP) is 4.34. The summed E-state index contributed by atoms with van der Waals surface area (Å²) < 4.78 is 13.1. The summed E-state index contributed by atoms with van der Waals surface area (Å²) in [6.07, 6.45) is -0.0476. The highest BCUT2D eigenvalue weighted by atomic mass is 19.1. The van der Waals surface area contributed by atoms with Gasteiger partial charge in [-0.1, -0.05) is 18.2 Å². The number of hydrogen-bond acceptors (Lipinski definition) is 1. The molecule has 20 heavy (non-hydrogen) atoms. The number of rotatable bonds is 3. The van der Waals surface area contributed by atoms with Crippen molar-refractivity contribution >= 4 is 0 Å². The molecule has 2 aromatic carbocycles. The van der Waals surface area contributed by atoms with Gasteiger partial charge in [-0.25, -0.2) is 4.39 Å². The summed E-state index contributed by atoms with van der Waals surface area (Å²) in [6.45, 7) is 8.01. The smallest absolute Gasteiger partial charge is 0.123 e. The van der Waals surface area contributed by atoms with E-state index in [2.05, 4.69) is 13.0 Å². The molecule has 0 spiro atoms. The molecule has 0 aliphatic carbocycles. The number of halogens is 1. The van der Waals surface area contributed by atoms with E-state index in [0.29, 0.717) is 6.42 Å². The molecule has 1 atom stereocenters. The number of aryl methyl sites for hydroxylation is 4. The van der Waals surface area contributed by atoms with Crippen molar-refractivity contribution in [2.75, 3.05) is 0 Å². The van der Waals surface area contributed by atoms with Crippen molar-refractivity contribution in [1.82, 2.24) is 0 Å². The van der Waals surface area contributed by atoms with E-state index >= 15 is 0 Å². The van der Waals surface area contributed by atoms with Crippen molar-refractivity contribution in [3.63, 3.8) is 0 Å². The summed E-state index contributed by atoms with van der Waals surface area (Å²) in [5.74, 6) is -0.233. The Labute approximate surface area is 120 Å². The van der Waals surface area contributed by atoms with Crippen molar-refractivity contribution in [1.29, 1.82) is 0 Å². The Balaban J connectivity index is 2.28. The van der Waals surface area contributed by atoms with Gasteiger partial charge >= 0.3 is 0 Å². The second-order valence-corrected chi connectivity index (χ2v) is 5.58. The Bertz CT molecular complexity index is 632. The molecule has 2 heteroatoms. The number of aliphatic hydroxyl groups excluding tert-OH is 1. The molecule has 106 valence electrons. The minimum atomic E-state index is -0.557. The molecule has 0 bridgehead atoms. The highest BCUT2D eigenvalue weighted by molar-refractivity contribution is 5.39. The third-order valence-electron chi connectivity index (χ3n) is 3.96. The molecule has 0 aliphatic heterocycles. The molecule has 1 nitrogen and oxygen atoms in total. The Kier molecular flexibility index (Phi) is 4.24. The summed E-state index contributed by atoms with van der Waals surface area (Å²) in [5, 5.41) is 10.5. The summed E-state index contributed by atoms with van der Waals surface area (Å²) >= 11 is 0. The van der Waals surface area contributed by atoms with Crippen LogP contribution >= 0.6 is 0 Å². The average Bonchev–Trinajstić information content (AvgIpc) is 2.37. The highest BCUT2D eigenvalue weighted by Gasteiger charge is 2.14. The van der Waals surface area contributed by atoms with Gasteiger partial charge in [0.2, 0.25) is 0 Å². The minimum absolute atomic E-state index is 0.233. The molecular weight excluding hydrogens is 251 g/mol. The summed E-state index contributed by atoms with van der Waals surface area (Å²) in [4.78, 5) is 0. The van der Waals surface area contributed by atoms with Gasteiger partial charge in [0.1, 0.15) is 5.82 Å². The van der Waals surface area contributed by atoms with Gasteiger partial charge in [0.25, 0.3) is 0 Å². The van der Waals surface area contributed by atoms with Crippen LogP contribution < -0.4 is 0 Å². The maximum Gasteiger partial charge on any atom is 0.123 e. The fourth-order valence-electron chi connectivity index (χ4n) is 2.55. The molecule has 0 aromatic heterocycles.